The minimum Gasteiger partial charge on any atom is -0.181 e. The fourth-order valence-electron chi connectivity index (χ4n) is 9.99. The number of fused-ring (bicyclic) bond motifs is 5. The van der Waals surface area contributed by atoms with Gasteiger partial charge < -0.3 is 0 Å². The third-order valence-corrected chi connectivity index (χ3v) is 16.6. The maximum absolute atomic E-state index is 2.60. The normalized spacial score (nSPS) is 35.5. The first kappa shape index (κ1) is 27.0. The molecule has 6 rings (SSSR count). The Morgan fingerprint density at radius 2 is 0.658 bits per heavy atom. The van der Waals surface area contributed by atoms with E-state index < -0.39 is 10.0 Å². The van der Waals surface area contributed by atoms with Crippen molar-refractivity contribution >= 4 is 10.0 Å². The predicted octanol–water partition coefficient (Wildman–Crippen LogP) is 11.6. The van der Waals surface area contributed by atoms with Gasteiger partial charge in [-0.25, -0.2) is 0 Å². The Morgan fingerprint density at radius 1 is 0.342 bits per heavy atom. The third-order valence-electron chi connectivity index (χ3n) is 11.5. The molecule has 0 spiro atoms. The van der Waals surface area contributed by atoms with Gasteiger partial charge in [-0.15, -0.1) is 0 Å². The van der Waals surface area contributed by atoms with Crippen molar-refractivity contribution in [3.63, 3.8) is 0 Å². The molecule has 0 aromatic heterocycles. The van der Waals surface area contributed by atoms with Crippen molar-refractivity contribution in [2.45, 2.75) is 142 Å². The quantitative estimate of drug-likeness (QED) is 0.362. The fraction of sp³-hybridized carbons (Fsp3) is 0.676. The van der Waals surface area contributed by atoms with Crippen molar-refractivity contribution in [2.24, 2.45) is 23.7 Å². The van der Waals surface area contributed by atoms with Crippen LogP contribution in [0.3, 0.4) is 0 Å². The van der Waals surface area contributed by atoms with Crippen molar-refractivity contribution in [1.29, 1.82) is 0 Å². The van der Waals surface area contributed by atoms with E-state index in [2.05, 4.69) is 60.7 Å². The van der Waals surface area contributed by atoms with Crippen molar-refractivity contribution in [3.05, 3.63) is 60.7 Å². The Bertz CT molecular complexity index is 927. The smallest absolute Gasteiger partial charge is 0.0000245 e. The maximum Gasteiger partial charge on any atom is 0.0000245 e. The standard InChI is InChI=1S/C37H54S/c1-3-14-24-32-33(25-15-4-1)35-27-17-9-19-29-37(35)38(30-20-10-7-11-21-30,31-22-12-8-13-23-31)36-28-18-6-2-5-16-26-34(32)36/h7-8,10-13,20-23,32-37H,1-6,9,14-19,24-29H2. The summed E-state index contributed by atoms with van der Waals surface area (Å²) < 4.78 is 0. The van der Waals surface area contributed by atoms with Crippen LogP contribution in [0, 0.1) is 23.7 Å². The molecule has 1 saturated heterocycles. The molecule has 1 aliphatic heterocycles. The molecule has 3 saturated carbocycles. The van der Waals surface area contributed by atoms with Crippen molar-refractivity contribution < 1.29 is 0 Å². The van der Waals surface area contributed by atoms with Crippen LogP contribution in [0.15, 0.2) is 70.5 Å². The van der Waals surface area contributed by atoms with Gasteiger partial charge in [-0.05, 0) is 96.3 Å². The van der Waals surface area contributed by atoms with E-state index in [4.69, 9.17) is 0 Å². The average molecular weight is 531 g/mol. The Labute approximate surface area is 236 Å². The molecular weight excluding hydrogens is 476 g/mol. The lowest BCUT2D eigenvalue weighted by Gasteiger charge is -2.56. The lowest BCUT2D eigenvalue weighted by molar-refractivity contribution is 0.127. The molecule has 3 aliphatic carbocycles. The molecule has 208 valence electrons. The highest BCUT2D eigenvalue weighted by Gasteiger charge is 2.55. The molecule has 2 aromatic carbocycles. The molecule has 0 nitrogen and oxygen atoms in total. The Hall–Kier alpha value is -1.21. The fourth-order valence-corrected chi connectivity index (χ4v) is 16.2. The molecule has 4 fully saturated rings. The van der Waals surface area contributed by atoms with E-state index in [0.29, 0.717) is 0 Å². The van der Waals surface area contributed by atoms with Gasteiger partial charge in [0.05, 0.1) is 0 Å². The first-order valence-corrected chi connectivity index (χ1v) is 18.6. The second kappa shape index (κ2) is 13.0. The summed E-state index contributed by atoms with van der Waals surface area (Å²) in [4.78, 5) is 3.51. The topological polar surface area (TPSA) is 0 Å². The van der Waals surface area contributed by atoms with Gasteiger partial charge in [-0.2, -0.15) is 10.0 Å². The summed E-state index contributed by atoms with van der Waals surface area (Å²) in [6.45, 7) is 0. The number of hydrogen-bond acceptors (Lipinski definition) is 0. The van der Waals surface area contributed by atoms with Gasteiger partial charge in [0.15, 0.2) is 0 Å². The molecule has 1 heteroatoms. The highest BCUT2D eigenvalue weighted by atomic mass is 32.3. The van der Waals surface area contributed by atoms with Crippen LogP contribution in [-0.4, -0.2) is 10.5 Å². The van der Waals surface area contributed by atoms with Crippen molar-refractivity contribution in [1.82, 2.24) is 0 Å². The average Bonchev–Trinajstić information content (AvgIpc) is 3.10. The lowest BCUT2D eigenvalue weighted by atomic mass is 9.67. The van der Waals surface area contributed by atoms with Gasteiger partial charge in [0.1, 0.15) is 0 Å². The highest BCUT2D eigenvalue weighted by molar-refractivity contribution is 8.34. The molecule has 2 aromatic rings. The first-order valence-electron chi connectivity index (χ1n) is 16.8. The zero-order chi connectivity index (χ0) is 25.6. The van der Waals surface area contributed by atoms with Crippen LogP contribution in [-0.2, 0) is 0 Å². The highest BCUT2D eigenvalue weighted by Crippen LogP contribution is 2.77. The molecule has 0 radical (unpaired) electrons. The van der Waals surface area contributed by atoms with E-state index in [1.165, 1.54) is 122 Å². The Balaban J connectivity index is 1.62. The maximum atomic E-state index is 2.60. The summed E-state index contributed by atoms with van der Waals surface area (Å²) >= 11 is 0. The van der Waals surface area contributed by atoms with E-state index in [1.807, 2.05) is 0 Å². The summed E-state index contributed by atoms with van der Waals surface area (Å²) in [7, 11) is -1.16. The van der Waals surface area contributed by atoms with Gasteiger partial charge in [-0.3, -0.25) is 0 Å². The van der Waals surface area contributed by atoms with Crippen LogP contribution >= 0.6 is 10.0 Å². The van der Waals surface area contributed by atoms with Crippen LogP contribution in [0.5, 0.6) is 0 Å². The second-order valence-corrected chi connectivity index (χ2v) is 17.0. The lowest BCUT2D eigenvalue weighted by Crippen LogP contribution is -2.36. The predicted molar refractivity (Wildman–Crippen MR) is 166 cm³/mol. The number of rotatable bonds is 2. The van der Waals surface area contributed by atoms with E-state index in [9.17, 15) is 0 Å². The van der Waals surface area contributed by atoms with Crippen LogP contribution in [0.4, 0.5) is 0 Å². The van der Waals surface area contributed by atoms with Crippen molar-refractivity contribution in [3.8, 4) is 0 Å². The van der Waals surface area contributed by atoms with Gasteiger partial charge in [-0.1, -0.05) is 120 Å². The van der Waals surface area contributed by atoms with E-state index >= 15 is 0 Å². The summed E-state index contributed by atoms with van der Waals surface area (Å²) in [6, 6.07) is 24.5. The minimum absolute atomic E-state index is 0.867. The molecule has 4 aliphatic rings. The molecule has 0 bridgehead atoms. The summed E-state index contributed by atoms with van der Waals surface area (Å²) in [5, 5.41) is 1.74. The Kier molecular flexibility index (Phi) is 9.21. The summed E-state index contributed by atoms with van der Waals surface area (Å²) in [5.74, 6) is 3.82. The van der Waals surface area contributed by atoms with Gasteiger partial charge in [0, 0.05) is 10.5 Å². The zero-order valence-corrected chi connectivity index (χ0v) is 24.9. The molecular formula is C37H54S. The Morgan fingerprint density at radius 3 is 1.08 bits per heavy atom. The summed E-state index contributed by atoms with van der Waals surface area (Å²) in [6.07, 6.45) is 28.3. The number of benzene rings is 2. The van der Waals surface area contributed by atoms with Gasteiger partial charge in [0.25, 0.3) is 0 Å². The van der Waals surface area contributed by atoms with E-state index in [1.54, 1.807) is 9.79 Å². The van der Waals surface area contributed by atoms with Gasteiger partial charge in [0.2, 0.25) is 0 Å². The van der Waals surface area contributed by atoms with Crippen LogP contribution in [0.1, 0.15) is 122 Å². The zero-order valence-electron chi connectivity index (χ0n) is 24.1. The van der Waals surface area contributed by atoms with Crippen LogP contribution in [0.25, 0.3) is 0 Å². The van der Waals surface area contributed by atoms with Crippen LogP contribution in [0.2, 0.25) is 0 Å². The van der Waals surface area contributed by atoms with E-state index in [-0.39, 0.29) is 0 Å². The minimum atomic E-state index is -1.16. The van der Waals surface area contributed by atoms with Crippen LogP contribution < -0.4 is 0 Å². The monoisotopic (exact) mass is 530 g/mol. The van der Waals surface area contributed by atoms with Crippen molar-refractivity contribution in [2.75, 3.05) is 0 Å². The van der Waals surface area contributed by atoms with Gasteiger partial charge >= 0.3 is 0 Å². The number of hydrogen-bond donors (Lipinski definition) is 0. The molecule has 0 N–H and O–H groups in total. The molecule has 1 heterocycles. The summed E-state index contributed by atoms with van der Waals surface area (Å²) in [5.41, 5.74) is 0. The second-order valence-electron chi connectivity index (χ2n) is 13.4. The molecule has 6 atom stereocenters. The third kappa shape index (κ3) is 5.27. The molecule has 0 amide bonds. The molecule has 6 unspecified atom stereocenters. The van der Waals surface area contributed by atoms with E-state index in [0.717, 1.165) is 34.2 Å². The molecule has 38 heavy (non-hydrogen) atoms. The first-order chi connectivity index (χ1) is 18.9. The largest absolute Gasteiger partial charge is 0.181 e. The SMILES string of the molecule is c1ccc(S2(c3ccccc3)C3CCCCCCCC3C3CCCCCCCC3C3CCCCCC32)cc1.